The summed E-state index contributed by atoms with van der Waals surface area (Å²) in [5.41, 5.74) is 0.251. The Hall–Kier alpha value is -1.93. The second-order valence-electron chi connectivity index (χ2n) is 7.92. The molecule has 3 unspecified atom stereocenters. The number of rotatable bonds is 6. The fourth-order valence-corrected chi connectivity index (χ4v) is 5.44. The van der Waals surface area contributed by atoms with E-state index in [0.29, 0.717) is 24.9 Å². The smallest absolute Gasteiger partial charge is 0.326 e. The van der Waals surface area contributed by atoms with E-state index in [1.165, 1.54) is 28.6 Å². The molecule has 27 heavy (non-hydrogen) atoms. The van der Waals surface area contributed by atoms with Crippen LogP contribution in [0.1, 0.15) is 43.5 Å². The molecule has 1 aromatic rings. The molecule has 2 N–H and O–H groups in total. The van der Waals surface area contributed by atoms with Gasteiger partial charge in [-0.2, -0.15) is 4.31 Å². The lowest BCUT2D eigenvalue weighted by atomic mass is 9.94. The van der Waals surface area contributed by atoms with E-state index in [1.807, 2.05) is 13.8 Å². The lowest BCUT2D eigenvalue weighted by Gasteiger charge is -2.34. The summed E-state index contributed by atoms with van der Waals surface area (Å²) >= 11 is 0. The number of sulfonamides is 1. The van der Waals surface area contributed by atoms with E-state index in [9.17, 15) is 23.1 Å². The molecule has 1 saturated carbocycles. The number of carboxylic acids is 1. The Kier molecular flexibility index (Phi) is 5.58. The molecule has 0 spiro atoms. The fourth-order valence-electron chi connectivity index (χ4n) is 3.76. The first-order valence-electron chi connectivity index (χ1n) is 9.32. The van der Waals surface area contributed by atoms with Crippen LogP contribution in [0.5, 0.6) is 0 Å². The van der Waals surface area contributed by atoms with Gasteiger partial charge in [-0.25, -0.2) is 13.2 Å². The highest BCUT2D eigenvalue weighted by Gasteiger charge is 2.37. The van der Waals surface area contributed by atoms with Crippen molar-refractivity contribution in [1.29, 1.82) is 0 Å². The number of aliphatic carboxylic acids is 1. The van der Waals surface area contributed by atoms with Crippen LogP contribution in [0.2, 0.25) is 0 Å². The highest BCUT2D eigenvalue weighted by molar-refractivity contribution is 7.89. The van der Waals surface area contributed by atoms with Gasteiger partial charge in [0.1, 0.15) is 6.04 Å². The highest BCUT2D eigenvalue weighted by atomic mass is 32.2. The minimum atomic E-state index is -3.60. The number of piperidine rings is 1. The molecular formula is C19H26N2O5S. The minimum Gasteiger partial charge on any atom is -0.480 e. The number of benzene rings is 1. The van der Waals surface area contributed by atoms with Crippen molar-refractivity contribution in [3.8, 4) is 0 Å². The largest absolute Gasteiger partial charge is 0.480 e. The highest BCUT2D eigenvalue weighted by Crippen LogP contribution is 2.33. The molecule has 0 radical (unpaired) electrons. The normalized spacial score (nSPS) is 25.0. The first kappa shape index (κ1) is 19.8. The maximum Gasteiger partial charge on any atom is 0.326 e. The zero-order valence-corrected chi connectivity index (χ0v) is 16.4. The van der Waals surface area contributed by atoms with Gasteiger partial charge < -0.3 is 10.4 Å². The molecule has 7 nitrogen and oxygen atoms in total. The van der Waals surface area contributed by atoms with E-state index >= 15 is 0 Å². The summed E-state index contributed by atoms with van der Waals surface area (Å²) in [7, 11) is -3.60. The first-order chi connectivity index (χ1) is 12.7. The van der Waals surface area contributed by atoms with Crippen LogP contribution in [0, 0.1) is 17.8 Å². The third-order valence-electron chi connectivity index (χ3n) is 5.24. The van der Waals surface area contributed by atoms with Crippen molar-refractivity contribution in [2.24, 2.45) is 17.8 Å². The summed E-state index contributed by atoms with van der Waals surface area (Å²) in [6, 6.07) is 4.81. The minimum absolute atomic E-state index is 0.0193. The van der Waals surface area contributed by atoms with Crippen LogP contribution < -0.4 is 5.32 Å². The molecule has 8 heteroatoms. The van der Waals surface area contributed by atoms with Crippen LogP contribution in [0.25, 0.3) is 0 Å². The van der Waals surface area contributed by atoms with Crippen LogP contribution in [0.3, 0.4) is 0 Å². The SMILES string of the molecule is CC1CC(C)CN(S(=O)(=O)c2ccc(C(=O)NC(C(=O)O)C3CC3)cc2)C1. The number of carbonyl (C=O) groups excluding carboxylic acids is 1. The Bertz CT molecular complexity index is 807. The van der Waals surface area contributed by atoms with Crippen LogP contribution in [-0.4, -0.2) is 48.8 Å². The summed E-state index contributed by atoms with van der Waals surface area (Å²) in [6.45, 7) is 5.09. The second kappa shape index (κ2) is 7.59. The number of hydrogen-bond acceptors (Lipinski definition) is 4. The fraction of sp³-hybridized carbons (Fsp3) is 0.579. The number of nitrogens with one attached hydrogen (secondary N) is 1. The predicted molar refractivity (Wildman–Crippen MR) is 99.8 cm³/mol. The average Bonchev–Trinajstić information content (AvgIpc) is 3.43. The summed E-state index contributed by atoms with van der Waals surface area (Å²) in [6.07, 6.45) is 2.60. The van der Waals surface area contributed by atoms with E-state index in [0.717, 1.165) is 19.3 Å². The van der Waals surface area contributed by atoms with Gasteiger partial charge in [-0.1, -0.05) is 13.8 Å². The number of carbonyl (C=O) groups is 2. The van der Waals surface area contributed by atoms with Crippen molar-refractivity contribution >= 4 is 21.9 Å². The van der Waals surface area contributed by atoms with Crippen LogP contribution >= 0.6 is 0 Å². The van der Waals surface area contributed by atoms with Crippen molar-refractivity contribution < 1.29 is 23.1 Å². The van der Waals surface area contributed by atoms with Gasteiger partial charge in [0.15, 0.2) is 0 Å². The molecule has 3 atom stereocenters. The van der Waals surface area contributed by atoms with Gasteiger partial charge in [-0.05, 0) is 61.3 Å². The topological polar surface area (TPSA) is 104 Å². The number of hydrogen-bond donors (Lipinski definition) is 2. The maximum atomic E-state index is 12.9. The van der Waals surface area contributed by atoms with Gasteiger partial charge in [0.25, 0.3) is 5.91 Å². The van der Waals surface area contributed by atoms with Gasteiger partial charge in [0.2, 0.25) is 10.0 Å². The Balaban J connectivity index is 1.72. The molecule has 1 saturated heterocycles. The van der Waals surface area contributed by atoms with Crippen molar-refractivity contribution in [3.63, 3.8) is 0 Å². The molecule has 0 aromatic heterocycles. The molecule has 2 fully saturated rings. The van der Waals surface area contributed by atoms with Crippen LogP contribution in [-0.2, 0) is 14.8 Å². The molecule has 1 aromatic carbocycles. The molecule has 1 heterocycles. The van der Waals surface area contributed by atoms with E-state index < -0.39 is 27.9 Å². The third kappa shape index (κ3) is 4.50. The predicted octanol–water partition coefficient (Wildman–Crippen LogP) is 1.95. The van der Waals surface area contributed by atoms with Gasteiger partial charge >= 0.3 is 5.97 Å². The Morgan fingerprint density at radius 2 is 1.67 bits per heavy atom. The first-order valence-corrected chi connectivity index (χ1v) is 10.8. The van der Waals surface area contributed by atoms with Crippen molar-refractivity contribution in [3.05, 3.63) is 29.8 Å². The lowest BCUT2D eigenvalue weighted by Crippen LogP contribution is -2.43. The molecule has 148 valence electrons. The van der Waals surface area contributed by atoms with E-state index in [4.69, 9.17) is 0 Å². The summed E-state index contributed by atoms with van der Waals surface area (Å²) in [5, 5.41) is 11.7. The van der Waals surface area contributed by atoms with Gasteiger partial charge in [-0.15, -0.1) is 0 Å². The lowest BCUT2D eigenvalue weighted by molar-refractivity contribution is -0.139. The van der Waals surface area contributed by atoms with E-state index in [-0.39, 0.29) is 16.4 Å². The Labute approximate surface area is 159 Å². The molecule has 0 bridgehead atoms. The Morgan fingerprint density at radius 1 is 1.11 bits per heavy atom. The maximum absolute atomic E-state index is 12.9. The standard InChI is InChI=1S/C19H26N2O5S/c1-12-9-13(2)11-21(10-12)27(25,26)16-7-5-15(6-8-16)18(22)20-17(19(23)24)14-3-4-14/h5-8,12-14,17H,3-4,9-11H2,1-2H3,(H,20,22)(H,23,24). The average molecular weight is 394 g/mol. The summed E-state index contributed by atoms with van der Waals surface area (Å²) in [4.78, 5) is 23.7. The summed E-state index contributed by atoms with van der Waals surface area (Å²) < 4.78 is 27.3. The number of carboxylic acid groups (broad SMARTS) is 1. The Morgan fingerprint density at radius 3 is 2.15 bits per heavy atom. The van der Waals surface area contributed by atoms with E-state index in [2.05, 4.69) is 5.32 Å². The monoisotopic (exact) mass is 394 g/mol. The van der Waals surface area contributed by atoms with Gasteiger partial charge in [0, 0.05) is 18.7 Å². The number of amides is 1. The molecule has 3 rings (SSSR count). The van der Waals surface area contributed by atoms with Crippen molar-refractivity contribution in [2.45, 2.75) is 44.0 Å². The zero-order chi connectivity index (χ0) is 19.8. The molecular weight excluding hydrogens is 368 g/mol. The van der Waals surface area contributed by atoms with Crippen LogP contribution in [0.15, 0.2) is 29.2 Å². The molecule has 1 amide bonds. The molecule has 2 aliphatic rings. The summed E-state index contributed by atoms with van der Waals surface area (Å²) in [5.74, 6) is -0.945. The zero-order valence-electron chi connectivity index (χ0n) is 15.6. The second-order valence-corrected chi connectivity index (χ2v) is 9.86. The van der Waals surface area contributed by atoms with Gasteiger partial charge in [0.05, 0.1) is 4.90 Å². The van der Waals surface area contributed by atoms with Gasteiger partial charge in [-0.3, -0.25) is 4.79 Å². The molecule has 1 aliphatic heterocycles. The van der Waals surface area contributed by atoms with Crippen molar-refractivity contribution in [2.75, 3.05) is 13.1 Å². The quantitative estimate of drug-likeness (QED) is 0.767. The molecule has 1 aliphatic carbocycles. The van der Waals surface area contributed by atoms with Crippen molar-refractivity contribution in [1.82, 2.24) is 9.62 Å². The third-order valence-corrected chi connectivity index (χ3v) is 7.08. The van der Waals surface area contributed by atoms with Crippen LogP contribution in [0.4, 0.5) is 0 Å². The van der Waals surface area contributed by atoms with E-state index in [1.54, 1.807) is 0 Å². The number of nitrogens with zero attached hydrogens (tertiary/aromatic N) is 1.